The van der Waals surface area contributed by atoms with Crippen LogP contribution in [0.15, 0.2) is 0 Å². The third kappa shape index (κ3) is 1.33. The maximum absolute atomic E-state index is 2.97. The molecular formula is C74H16. The number of benzene rings is 19. The van der Waals surface area contributed by atoms with Crippen molar-refractivity contribution < 1.29 is 0 Å². The molecule has 0 spiro atoms. The van der Waals surface area contributed by atoms with E-state index in [-0.39, 0.29) is 21.7 Å². The minimum atomic E-state index is -0.106. The van der Waals surface area contributed by atoms with E-state index in [1.54, 1.807) is 280 Å². The average molecular weight is 905 g/mol. The van der Waals surface area contributed by atoms with Crippen molar-refractivity contribution in [3.63, 3.8) is 0 Å². The first-order valence-corrected chi connectivity index (χ1v) is 28.7. The third-order valence-electron chi connectivity index (χ3n) is 30.5. The van der Waals surface area contributed by atoms with Crippen molar-refractivity contribution in [3.05, 3.63) is 55.6 Å². The minimum Gasteiger partial charge on any atom is -0.0510 e. The highest BCUT2D eigenvalue weighted by molar-refractivity contribution is 6.79. The molecule has 74 heavy (non-hydrogen) atoms. The van der Waals surface area contributed by atoms with Crippen LogP contribution in [0, 0.1) is 11.8 Å². The molecule has 0 saturated carbocycles. The molecule has 8 atom stereocenters. The fourth-order valence-electron chi connectivity index (χ4n) is 30.9. The van der Waals surface area contributed by atoms with Crippen LogP contribution < -0.4 is 0 Å². The van der Waals surface area contributed by atoms with Gasteiger partial charge >= 0.3 is 0 Å². The molecule has 0 aromatic heterocycles. The van der Waals surface area contributed by atoms with Gasteiger partial charge in [-0.15, -0.1) is 0 Å². The topological polar surface area (TPSA) is 0 Å². The van der Waals surface area contributed by atoms with Crippen molar-refractivity contribution in [2.45, 2.75) is 61.2 Å². The van der Waals surface area contributed by atoms with Crippen LogP contribution in [0.4, 0.5) is 0 Å². The first-order chi connectivity index (χ1) is 36.5. The van der Waals surface area contributed by atoms with E-state index in [1.807, 2.05) is 55.6 Å². The summed E-state index contributed by atoms with van der Waals surface area (Å²) in [6.45, 7) is 11.8. The van der Waals surface area contributed by atoms with E-state index >= 15 is 0 Å². The van der Waals surface area contributed by atoms with E-state index in [4.69, 9.17) is 0 Å². The molecule has 0 aliphatic heterocycles. The Morgan fingerprint density at radius 2 is 0.284 bits per heavy atom. The summed E-state index contributed by atoms with van der Waals surface area (Å²) in [6.07, 6.45) is 0. The lowest BCUT2D eigenvalue weighted by molar-refractivity contribution is 0.0277. The molecule has 0 nitrogen and oxygen atoms in total. The molecule has 27 aromatic rings. The van der Waals surface area contributed by atoms with E-state index in [2.05, 4.69) is 27.7 Å². The van der Waals surface area contributed by atoms with Crippen LogP contribution in [0.1, 0.15) is 95.2 Å². The predicted octanol–water partition coefficient (Wildman–Crippen LogP) is 19.1. The molecule has 0 heterocycles. The Morgan fingerprint density at radius 3 is 0.500 bits per heavy atom. The van der Waals surface area contributed by atoms with Gasteiger partial charge in [0, 0.05) is 33.5 Å². The maximum atomic E-state index is 2.97. The Hall–Kier alpha value is -8.06. The van der Waals surface area contributed by atoms with Crippen molar-refractivity contribution in [3.8, 4) is 0 Å². The third-order valence-corrected chi connectivity index (χ3v) is 30.5. The van der Waals surface area contributed by atoms with E-state index in [9.17, 15) is 0 Å². The standard InChI is InChI=1S/C74H16/c1-71-59-47-35-29-15-7-8-13-6-5-9-11-10(6)18-24-21(13)32-30-16(8)14(15)22-33(35)39-40-34(22)36(30)48-46(32)50-38(24)42-26(18)28-19(11)27-25-17(9)23-20(12(5)7)31(29)45(47)49-37(23)41(25)53-55-43(27)44(28)56-54(42)64-62(50)72(2)60(48)52(40)58-57(51(39)59)67(71)69-70(68(58)72)74(64,4)66(56)65(55)73(69,3)63(53)61(49)71/h67-70H,1-4H3/t67?,68?,69?,70?,71-,72+,73-,74+. The van der Waals surface area contributed by atoms with Crippen LogP contribution in [-0.4, -0.2) is 0 Å². The van der Waals surface area contributed by atoms with Gasteiger partial charge < -0.3 is 0 Å². The second-order valence-corrected chi connectivity index (χ2v) is 30.1. The van der Waals surface area contributed by atoms with Crippen molar-refractivity contribution in [2.75, 3.05) is 0 Å². The van der Waals surface area contributed by atoms with Gasteiger partial charge in [0.25, 0.3) is 0 Å². The molecule has 0 N–H and O–H groups in total. The van der Waals surface area contributed by atoms with Crippen LogP contribution in [0.25, 0.3) is 280 Å². The molecule has 10 aliphatic rings. The normalized spacial score (nSPS) is 31.5. The predicted molar refractivity (Wildman–Crippen MR) is 308 cm³/mol. The lowest BCUT2D eigenvalue weighted by Gasteiger charge is -2.68. The first-order valence-electron chi connectivity index (χ1n) is 28.7. The van der Waals surface area contributed by atoms with Gasteiger partial charge in [0.05, 0.1) is 0 Å². The quantitative estimate of drug-likeness (QED) is 0.105. The largest absolute Gasteiger partial charge is 0.0510 e. The second-order valence-electron chi connectivity index (χ2n) is 30.1. The van der Waals surface area contributed by atoms with Crippen LogP contribution >= 0.6 is 0 Å². The lowest BCUT2D eigenvalue weighted by Crippen LogP contribution is -2.64. The Morgan fingerprint density at radius 1 is 0.149 bits per heavy atom. The zero-order chi connectivity index (χ0) is 44.1. The molecule has 37 rings (SSSR count). The van der Waals surface area contributed by atoms with E-state index < -0.39 is 0 Å². The Kier molecular flexibility index (Phi) is 2.14. The van der Waals surface area contributed by atoms with Crippen LogP contribution in [0.2, 0.25) is 0 Å². The van der Waals surface area contributed by atoms with Crippen molar-refractivity contribution in [2.24, 2.45) is 11.8 Å². The molecule has 0 amide bonds. The molecule has 0 fully saturated rings. The summed E-state index contributed by atoms with van der Waals surface area (Å²) in [4.78, 5) is 0. The summed E-state index contributed by atoms with van der Waals surface area (Å²) >= 11 is 0. The maximum Gasteiger partial charge on any atom is 0.0269 e. The number of rotatable bonds is 0. The molecule has 312 valence electrons. The summed E-state index contributed by atoms with van der Waals surface area (Å²) in [5.41, 5.74) is 18.2. The molecular weight excluding hydrogens is 889 g/mol. The van der Waals surface area contributed by atoms with Crippen molar-refractivity contribution >= 4 is 280 Å². The zero-order valence-electron chi connectivity index (χ0n) is 39.3. The highest BCUT2D eigenvalue weighted by atomic mass is 14.8. The molecule has 0 heteroatoms. The van der Waals surface area contributed by atoms with Crippen LogP contribution in [0.5, 0.6) is 0 Å². The number of hydrogen-bond donors (Lipinski definition) is 0. The van der Waals surface area contributed by atoms with E-state index in [1.165, 1.54) is 0 Å². The first kappa shape index (κ1) is 27.3. The summed E-state index contributed by atoms with van der Waals surface area (Å²) in [5, 5.41) is 89.6. The Bertz CT molecular complexity index is 7530. The summed E-state index contributed by atoms with van der Waals surface area (Å²) in [7, 11) is 0. The van der Waals surface area contributed by atoms with Gasteiger partial charge in [0.15, 0.2) is 0 Å². The zero-order valence-corrected chi connectivity index (χ0v) is 39.3. The molecule has 0 saturated heterocycles. The summed E-state index contributed by atoms with van der Waals surface area (Å²) in [5.74, 6) is 1.95. The van der Waals surface area contributed by atoms with Gasteiger partial charge in [0.1, 0.15) is 0 Å². The van der Waals surface area contributed by atoms with Crippen molar-refractivity contribution in [1.29, 1.82) is 0 Å². The highest BCUT2D eigenvalue weighted by Gasteiger charge is 2.79. The molecule has 0 bridgehead atoms. The van der Waals surface area contributed by atoms with E-state index in [0.29, 0.717) is 23.7 Å². The van der Waals surface area contributed by atoms with Gasteiger partial charge in [-0.2, -0.15) is 0 Å². The lowest BCUT2D eigenvalue weighted by atomic mass is 9.33. The monoisotopic (exact) mass is 904 g/mol. The smallest absolute Gasteiger partial charge is 0.0269 e. The minimum absolute atomic E-state index is 0.0826. The molecule has 4 unspecified atom stereocenters. The number of hydrogen-bond acceptors (Lipinski definition) is 0. The molecule has 27 aromatic carbocycles. The second kappa shape index (κ2) is 5.80. The molecule has 0 radical (unpaired) electrons. The van der Waals surface area contributed by atoms with Gasteiger partial charge in [-0.3, -0.25) is 0 Å². The van der Waals surface area contributed by atoms with Gasteiger partial charge in [-0.1, -0.05) is 27.7 Å². The van der Waals surface area contributed by atoms with Crippen LogP contribution in [-0.2, 0) is 21.7 Å². The average Bonchev–Trinajstić information content (AvgIpc) is 2.18. The molecule has 10 aliphatic carbocycles. The van der Waals surface area contributed by atoms with Gasteiger partial charge in [0.2, 0.25) is 0 Å². The van der Waals surface area contributed by atoms with Crippen LogP contribution in [0.3, 0.4) is 0 Å². The fourth-order valence-corrected chi connectivity index (χ4v) is 30.9. The Balaban J connectivity index is 1.18. The van der Waals surface area contributed by atoms with Gasteiger partial charge in [-0.05, 0) is 348 Å². The summed E-state index contributed by atoms with van der Waals surface area (Å²) in [6, 6.07) is 0. The van der Waals surface area contributed by atoms with E-state index in [0.717, 1.165) is 0 Å². The summed E-state index contributed by atoms with van der Waals surface area (Å²) < 4.78 is 0. The highest BCUT2D eigenvalue weighted by Crippen LogP contribution is 2.91. The SMILES string of the molecule is C[C@]12c3c4c5c6c7c8c9c%10c%11c%12c%13c%14c%15c%16c%17c%18c(c%19c1c1c%20c3c3c5c5c%21c6c9c6c9c%10c%13c%10c%13c%14c%14c%15c%15c%17c%19c%17c1c1c%20c%19c3c5c3c(c%216)c(c9%10)c5c%13c6c%14c(c%17%15)c1c6c%19c35)C2C(C(C%18[C@]%12%16C)[C@]8%11C)[C@@]74C. The Labute approximate surface area is 406 Å². The van der Waals surface area contributed by atoms with Crippen molar-refractivity contribution in [1.82, 2.24) is 0 Å². The van der Waals surface area contributed by atoms with Gasteiger partial charge in [-0.25, -0.2) is 0 Å². The fraction of sp³-hybridized carbons (Fsp3) is 0.162.